The quantitative estimate of drug-likeness (QED) is 0.340. The van der Waals surface area contributed by atoms with Gasteiger partial charge in [-0.2, -0.15) is 0 Å². The van der Waals surface area contributed by atoms with E-state index >= 15 is 0 Å². The minimum Gasteiger partial charge on any atom is -0.455 e. The first-order valence-corrected chi connectivity index (χ1v) is 12.0. The average Bonchev–Trinajstić information content (AvgIpc) is 2.72. The minimum atomic E-state index is -0.856. The molecule has 0 radical (unpaired) electrons. The summed E-state index contributed by atoms with van der Waals surface area (Å²) in [6.07, 6.45) is 2.08. The van der Waals surface area contributed by atoms with Crippen molar-refractivity contribution in [3.63, 3.8) is 0 Å². The second-order valence-electron chi connectivity index (χ2n) is 9.67. The number of likely N-dealkylation sites (N-methyl/N-ethyl adjacent to an activating group) is 1. The summed E-state index contributed by atoms with van der Waals surface area (Å²) >= 11 is 0. The second kappa shape index (κ2) is 15.0. The first-order valence-electron chi connectivity index (χ1n) is 12.0. The average molecular weight is 456 g/mol. The molecular formula is C25H45NO6. The summed E-state index contributed by atoms with van der Waals surface area (Å²) in [7, 11) is 1.50. The van der Waals surface area contributed by atoms with E-state index in [2.05, 4.69) is 13.8 Å². The Kier molecular flexibility index (Phi) is 14.1. The molecular weight excluding hydrogens is 410 g/mol. The third-order valence-corrected chi connectivity index (χ3v) is 5.77. The number of ketones is 1. The molecule has 0 bridgehead atoms. The van der Waals surface area contributed by atoms with Gasteiger partial charge in [-0.05, 0) is 43.9 Å². The Morgan fingerprint density at radius 1 is 0.844 bits per heavy atom. The molecule has 0 aliphatic rings. The molecule has 7 nitrogen and oxygen atoms in total. The highest BCUT2D eigenvalue weighted by molar-refractivity contribution is 5.89. The maximum Gasteiger partial charge on any atom is 0.329 e. The number of nitrogens with zero attached hydrogens (tertiary/aromatic N) is 1. The maximum absolute atomic E-state index is 12.8. The van der Waals surface area contributed by atoms with Gasteiger partial charge in [0.2, 0.25) is 0 Å². The predicted octanol–water partition coefficient (Wildman–Crippen LogP) is 4.41. The highest BCUT2D eigenvalue weighted by atomic mass is 16.6. The number of carbonyl (C=O) groups excluding carboxylic acids is 4. The summed E-state index contributed by atoms with van der Waals surface area (Å²) in [5.74, 6) is -1.26. The van der Waals surface area contributed by atoms with Crippen LogP contribution in [0.5, 0.6) is 0 Å². The van der Waals surface area contributed by atoms with Crippen LogP contribution in [-0.4, -0.2) is 54.3 Å². The normalized spacial score (nSPS) is 15.1. The van der Waals surface area contributed by atoms with E-state index < -0.39 is 30.6 Å². The van der Waals surface area contributed by atoms with E-state index in [0.717, 1.165) is 6.42 Å². The van der Waals surface area contributed by atoms with Crippen LogP contribution in [0.3, 0.4) is 0 Å². The standard InChI is InChI=1S/C25H45NO6/c1-10-12-22(27)19(8)32-25(30)21(14-17(5)6)26(9)23(28)15-31-24(29)20(13-16(3)4)18(7)11-2/h16-21H,10-15H2,1-9H3. The molecule has 0 spiro atoms. The van der Waals surface area contributed by atoms with Crippen molar-refractivity contribution in [2.75, 3.05) is 13.7 Å². The van der Waals surface area contributed by atoms with Crippen molar-refractivity contribution in [3.8, 4) is 0 Å². The molecule has 0 rings (SSSR count). The van der Waals surface area contributed by atoms with Crippen molar-refractivity contribution in [1.29, 1.82) is 0 Å². The van der Waals surface area contributed by atoms with Crippen LogP contribution in [0.25, 0.3) is 0 Å². The summed E-state index contributed by atoms with van der Waals surface area (Å²) in [6, 6.07) is -0.848. The van der Waals surface area contributed by atoms with Gasteiger partial charge >= 0.3 is 11.9 Å². The van der Waals surface area contributed by atoms with Gasteiger partial charge in [0.05, 0.1) is 5.92 Å². The molecule has 186 valence electrons. The Morgan fingerprint density at radius 2 is 1.41 bits per heavy atom. The number of Topliss-reactive ketones (excluding diaryl/α,β-unsaturated/α-hetero) is 1. The lowest BCUT2D eigenvalue weighted by atomic mass is 9.85. The van der Waals surface area contributed by atoms with E-state index in [9.17, 15) is 19.2 Å². The highest BCUT2D eigenvalue weighted by Gasteiger charge is 2.33. The van der Waals surface area contributed by atoms with Crippen LogP contribution in [0.2, 0.25) is 0 Å². The SMILES string of the molecule is CCCC(=O)C(C)OC(=O)C(CC(C)C)N(C)C(=O)COC(=O)C(CC(C)C)C(C)CC. The van der Waals surface area contributed by atoms with Gasteiger partial charge in [0, 0.05) is 13.5 Å². The van der Waals surface area contributed by atoms with Crippen molar-refractivity contribution < 1.29 is 28.7 Å². The molecule has 0 heterocycles. The molecule has 0 saturated heterocycles. The summed E-state index contributed by atoms with van der Waals surface area (Å²) in [4.78, 5) is 51.4. The van der Waals surface area contributed by atoms with Crippen LogP contribution < -0.4 is 0 Å². The Balaban J connectivity index is 5.19. The fourth-order valence-electron chi connectivity index (χ4n) is 3.50. The van der Waals surface area contributed by atoms with Crippen molar-refractivity contribution in [2.24, 2.45) is 23.7 Å². The summed E-state index contributed by atoms with van der Waals surface area (Å²) < 4.78 is 10.7. The Morgan fingerprint density at radius 3 is 1.88 bits per heavy atom. The number of rotatable bonds is 15. The third kappa shape index (κ3) is 10.6. The summed E-state index contributed by atoms with van der Waals surface area (Å²) in [6.45, 7) is 15.0. The van der Waals surface area contributed by atoms with Gasteiger partial charge in [-0.25, -0.2) is 4.79 Å². The molecule has 0 aliphatic heterocycles. The monoisotopic (exact) mass is 455 g/mol. The van der Waals surface area contributed by atoms with Gasteiger partial charge in [0.15, 0.2) is 18.5 Å². The first kappa shape index (κ1) is 30.1. The van der Waals surface area contributed by atoms with E-state index in [1.807, 2.05) is 34.6 Å². The highest BCUT2D eigenvalue weighted by Crippen LogP contribution is 2.24. The molecule has 0 aromatic rings. The summed E-state index contributed by atoms with van der Waals surface area (Å²) in [5.41, 5.74) is 0. The van der Waals surface area contributed by atoms with E-state index in [0.29, 0.717) is 31.6 Å². The number of hydrogen-bond acceptors (Lipinski definition) is 6. The number of hydrogen-bond donors (Lipinski definition) is 0. The van der Waals surface area contributed by atoms with Crippen molar-refractivity contribution in [3.05, 3.63) is 0 Å². The lowest BCUT2D eigenvalue weighted by Crippen LogP contribution is -2.47. The van der Waals surface area contributed by atoms with Gasteiger partial charge in [-0.15, -0.1) is 0 Å². The number of ether oxygens (including phenoxy) is 2. The van der Waals surface area contributed by atoms with Gasteiger partial charge in [-0.3, -0.25) is 14.4 Å². The number of esters is 2. The molecule has 0 aromatic carbocycles. The van der Waals surface area contributed by atoms with E-state index in [1.165, 1.54) is 11.9 Å². The minimum absolute atomic E-state index is 0.118. The van der Waals surface area contributed by atoms with Crippen LogP contribution in [0.4, 0.5) is 0 Å². The van der Waals surface area contributed by atoms with E-state index in [-0.39, 0.29) is 29.5 Å². The number of carbonyl (C=O) groups is 4. The second-order valence-corrected chi connectivity index (χ2v) is 9.67. The molecule has 1 amide bonds. The predicted molar refractivity (Wildman–Crippen MR) is 125 cm³/mol. The van der Waals surface area contributed by atoms with Crippen LogP contribution in [0, 0.1) is 23.7 Å². The zero-order valence-corrected chi connectivity index (χ0v) is 21.6. The zero-order valence-electron chi connectivity index (χ0n) is 21.6. The smallest absolute Gasteiger partial charge is 0.329 e. The van der Waals surface area contributed by atoms with Crippen molar-refractivity contribution >= 4 is 23.6 Å². The molecule has 0 aliphatic carbocycles. The molecule has 0 saturated carbocycles. The van der Waals surface area contributed by atoms with Crippen molar-refractivity contribution in [1.82, 2.24) is 4.90 Å². The zero-order chi connectivity index (χ0) is 25.0. The van der Waals surface area contributed by atoms with Gasteiger partial charge in [0.1, 0.15) is 6.04 Å². The van der Waals surface area contributed by atoms with E-state index in [1.54, 1.807) is 6.92 Å². The van der Waals surface area contributed by atoms with Crippen LogP contribution in [0.1, 0.15) is 87.5 Å². The van der Waals surface area contributed by atoms with Crippen LogP contribution in [0.15, 0.2) is 0 Å². The topological polar surface area (TPSA) is 90.0 Å². The maximum atomic E-state index is 12.8. The molecule has 4 atom stereocenters. The molecule has 7 heteroatoms. The summed E-state index contributed by atoms with van der Waals surface area (Å²) in [5, 5.41) is 0. The third-order valence-electron chi connectivity index (χ3n) is 5.77. The largest absolute Gasteiger partial charge is 0.455 e. The molecule has 4 unspecified atom stereocenters. The van der Waals surface area contributed by atoms with Crippen LogP contribution in [-0.2, 0) is 28.7 Å². The first-order chi connectivity index (χ1) is 14.8. The lowest BCUT2D eigenvalue weighted by molar-refractivity contribution is -0.165. The fraction of sp³-hybridized carbons (Fsp3) is 0.840. The Labute approximate surface area is 194 Å². The molecule has 0 N–H and O–H groups in total. The van der Waals surface area contributed by atoms with Crippen molar-refractivity contribution in [2.45, 2.75) is 99.6 Å². The number of amides is 1. The Bertz CT molecular complexity index is 616. The lowest BCUT2D eigenvalue weighted by Gasteiger charge is -2.29. The van der Waals surface area contributed by atoms with Gasteiger partial charge < -0.3 is 14.4 Å². The van der Waals surface area contributed by atoms with Gasteiger partial charge in [-0.1, -0.05) is 54.9 Å². The Hall–Kier alpha value is -1.92. The van der Waals surface area contributed by atoms with Crippen LogP contribution >= 0.6 is 0 Å². The van der Waals surface area contributed by atoms with Gasteiger partial charge in [0.25, 0.3) is 5.91 Å². The molecule has 32 heavy (non-hydrogen) atoms. The molecule has 0 fully saturated rings. The molecule has 0 aromatic heterocycles. The fourth-order valence-corrected chi connectivity index (χ4v) is 3.50. The van der Waals surface area contributed by atoms with E-state index in [4.69, 9.17) is 9.47 Å².